The molecule has 0 spiro atoms. The second-order valence-electron chi connectivity index (χ2n) is 29.1. The second-order valence-corrected chi connectivity index (χ2v) is 29.1. The number of phenols is 4. The number of hydrogen-bond acceptors (Lipinski definition) is 24. The van der Waals surface area contributed by atoms with Crippen LogP contribution in [-0.2, 0) is 51.4 Å². The number of amides is 5. The van der Waals surface area contributed by atoms with Crippen molar-refractivity contribution in [1.29, 1.82) is 0 Å². The van der Waals surface area contributed by atoms with E-state index in [1.807, 2.05) is 71.0 Å². The van der Waals surface area contributed by atoms with Crippen LogP contribution in [-0.4, -0.2) is 318 Å². The van der Waals surface area contributed by atoms with E-state index in [1.165, 1.54) is 38.3 Å². The fraction of sp³-hybridized carbons (Fsp3) is 0.506. The van der Waals surface area contributed by atoms with E-state index in [2.05, 4.69) is 46.1 Å². The zero-order chi connectivity index (χ0) is 81.2. The van der Waals surface area contributed by atoms with Gasteiger partial charge in [-0.05, 0) is 97.2 Å². The first-order chi connectivity index (χ1) is 53.4. The van der Waals surface area contributed by atoms with E-state index < -0.39 is 97.5 Å². The molecule has 2 aromatic heterocycles. The molecule has 11 N–H and O–H groups in total. The zero-order valence-corrected chi connectivity index (χ0v) is 66.2. The maximum absolute atomic E-state index is 14.6. The number of carbonyl (C=O) groups excluding carboxylic acids is 6. The molecule has 0 saturated carbocycles. The first kappa shape index (κ1) is 88.8. The van der Waals surface area contributed by atoms with Gasteiger partial charge in [0.05, 0.1) is 37.2 Å². The van der Waals surface area contributed by atoms with Gasteiger partial charge in [0.1, 0.15) is 41.1 Å². The number of ketones is 1. The minimum absolute atomic E-state index is 0. The molecule has 113 heavy (non-hydrogen) atoms. The second kappa shape index (κ2) is 41.3. The molecule has 3 saturated heterocycles. The van der Waals surface area contributed by atoms with Gasteiger partial charge in [-0.1, -0.05) is 58.9 Å². The Bertz CT molecular complexity index is 4320. The Balaban J connectivity index is 0.0000160. The number of aromatic nitrogens is 6. The SMILES string of the molecule is CCCC(=O)c1nnc(-c2cc(C(C)C)c(O)cc2O)n1-c1ccc(CN2CCN(C(=O)[C@H](C)NC(=O)[C@@H](CC(=O)N3CCN(Cc4ccc(-n5c(C(=O)NCC)nnc5-c5cc(C(C)C)c(O)cc5O)cc4)CC3)NC(=O)CC[C@H](C(=O)O)N3CCN(CC(=O)O)CCN(CC(=O)O)CCN(CC(=O)O)CC3)CC2)cc1.[Lu]. The Morgan fingerprint density at radius 1 is 0.478 bits per heavy atom. The zero-order valence-electron chi connectivity index (χ0n) is 64.6. The fourth-order valence-electron chi connectivity index (χ4n) is 14.2. The van der Waals surface area contributed by atoms with Crippen molar-refractivity contribution in [3.05, 3.63) is 107 Å². The van der Waals surface area contributed by atoms with Crippen molar-refractivity contribution in [2.45, 2.75) is 124 Å². The molecule has 1 radical (unpaired) electrons. The van der Waals surface area contributed by atoms with E-state index in [0.29, 0.717) is 74.7 Å². The molecule has 5 amide bonds. The summed E-state index contributed by atoms with van der Waals surface area (Å²) in [4.78, 5) is 147. The van der Waals surface area contributed by atoms with Crippen molar-refractivity contribution in [2.24, 2.45) is 0 Å². The number of phenolic OH excluding ortho intramolecular Hbond substituents is 4. The van der Waals surface area contributed by atoms with Gasteiger partial charge >= 0.3 is 23.9 Å². The molecule has 3 fully saturated rings. The van der Waals surface area contributed by atoms with Crippen LogP contribution in [0, 0.1) is 36.9 Å². The van der Waals surface area contributed by atoms with Gasteiger partial charge in [-0.3, -0.25) is 86.5 Å². The van der Waals surface area contributed by atoms with E-state index in [-0.39, 0.29) is 210 Å². The molecular formula is C77H103LuN17O18. The van der Waals surface area contributed by atoms with Crippen LogP contribution >= 0.6 is 0 Å². The number of carboxylic acid groups (broad SMARTS) is 4. The third-order valence-corrected chi connectivity index (χ3v) is 20.3. The normalized spacial score (nSPS) is 16.3. The number of aromatic hydroxyl groups is 4. The summed E-state index contributed by atoms with van der Waals surface area (Å²) >= 11 is 0. The molecule has 0 bridgehead atoms. The van der Waals surface area contributed by atoms with Gasteiger partial charge in [-0.2, -0.15) is 0 Å². The molecular weight excluding hydrogens is 1630 g/mol. The molecule has 6 aromatic rings. The van der Waals surface area contributed by atoms with Crippen LogP contribution < -0.4 is 16.0 Å². The van der Waals surface area contributed by atoms with Crippen LogP contribution in [0.15, 0.2) is 72.8 Å². The molecule has 3 atom stereocenters. The Morgan fingerprint density at radius 3 is 1.31 bits per heavy atom. The molecule has 36 heteroatoms. The summed E-state index contributed by atoms with van der Waals surface area (Å²) in [6.45, 7) is 15.5. The van der Waals surface area contributed by atoms with Gasteiger partial charge in [0, 0.05) is 198 Å². The Labute approximate surface area is 683 Å². The average Bonchev–Trinajstić information content (AvgIpc) is 1.65. The van der Waals surface area contributed by atoms with Crippen LogP contribution in [0.1, 0.15) is 136 Å². The summed E-state index contributed by atoms with van der Waals surface area (Å²) in [5.74, 6) is -8.67. The quantitative estimate of drug-likeness (QED) is 0.0270. The topological polar surface area (TPSA) is 456 Å². The summed E-state index contributed by atoms with van der Waals surface area (Å²) in [6.07, 6.45) is -0.632. The number of carboxylic acids is 4. The number of aliphatic carboxylic acids is 4. The number of rotatable bonds is 32. The number of Topliss-reactive ketones (excluding diaryl/α,β-unsaturated/α-hetero) is 1. The Hall–Kier alpha value is -9.75. The molecule has 0 unspecified atom stereocenters. The fourth-order valence-corrected chi connectivity index (χ4v) is 14.2. The summed E-state index contributed by atoms with van der Waals surface area (Å²) in [5.41, 5.74) is 4.50. The van der Waals surface area contributed by atoms with E-state index >= 15 is 0 Å². The van der Waals surface area contributed by atoms with Crippen molar-refractivity contribution < 1.29 is 126 Å². The summed E-state index contributed by atoms with van der Waals surface area (Å²) < 4.78 is 3.12. The smallest absolute Gasteiger partial charge is 0.320 e. The van der Waals surface area contributed by atoms with Gasteiger partial charge in [0.25, 0.3) is 5.91 Å². The van der Waals surface area contributed by atoms with Gasteiger partial charge in [-0.15, -0.1) is 20.4 Å². The number of piperazine rings is 2. The summed E-state index contributed by atoms with van der Waals surface area (Å²) in [5, 5.41) is 109. The van der Waals surface area contributed by atoms with Crippen LogP contribution in [0.4, 0.5) is 0 Å². The Kier molecular flexibility index (Phi) is 32.5. The molecule has 0 aliphatic carbocycles. The van der Waals surface area contributed by atoms with E-state index in [0.717, 1.165) is 11.1 Å². The van der Waals surface area contributed by atoms with Crippen molar-refractivity contribution in [3.63, 3.8) is 0 Å². The third-order valence-electron chi connectivity index (χ3n) is 20.3. The average molecular weight is 1730 g/mol. The van der Waals surface area contributed by atoms with Crippen molar-refractivity contribution in [1.82, 2.24) is 84.7 Å². The molecule has 9 rings (SSSR count). The number of nitrogens with one attached hydrogen (secondary N) is 3. The molecule has 3 aliphatic heterocycles. The van der Waals surface area contributed by atoms with Gasteiger partial charge in [0.15, 0.2) is 11.6 Å². The van der Waals surface area contributed by atoms with Crippen molar-refractivity contribution >= 4 is 59.2 Å². The minimum atomic E-state index is -1.57. The number of carbonyl (C=O) groups is 10. The monoisotopic (exact) mass is 1730 g/mol. The molecule has 3 aliphatic rings. The summed E-state index contributed by atoms with van der Waals surface area (Å²) in [6, 6.07) is 16.3. The maximum Gasteiger partial charge on any atom is 0.320 e. The predicted molar refractivity (Wildman–Crippen MR) is 408 cm³/mol. The predicted octanol–water partition coefficient (Wildman–Crippen LogP) is 3.06. The largest absolute Gasteiger partial charge is 0.508 e. The molecule has 35 nitrogen and oxygen atoms in total. The molecule has 5 heterocycles. The number of nitrogens with zero attached hydrogens (tertiary/aromatic N) is 14. The van der Waals surface area contributed by atoms with Gasteiger partial charge in [-0.25, -0.2) is 0 Å². The van der Waals surface area contributed by atoms with Crippen LogP contribution in [0.25, 0.3) is 34.2 Å². The maximum atomic E-state index is 14.6. The van der Waals surface area contributed by atoms with E-state index in [4.69, 9.17) is 0 Å². The number of hydrogen-bond donors (Lipinski definition) is 11. The number of benzene rings is 4. The van der Waals surface area contributed by atoms with Crippen molar-refractivity contribution in [3.8, 4) is 57.1 Å². The van der Waals surface area contributed by atoms with E-state index in [1.54, 1.807) is 50.5 Å². The first-order valence-corrected chi connectivity index (χ1v) is 37.8. The van der Waals surface area contributed by atoms with Crippen molar-refractivity contribution in [2.75, 3.05) is 131 Å². The van der Waals surface area contributed by atoms with Gasteiger partial charge in [0.2, 0.25) is 41.1 Å². The third kappa shape index (κ3) is 23.9. The minimum Gasteiger partial charge on any atom is -0.508 e. The standard InChI is InChI=1S/C77H103N17O18.Lu/c1-8-10-60(95)72-83-81-70(56-37-54(47(3)4)61(96)40-63(56)98)93(72)52-15-11-50(12-16-52)43-86-29-35-92(36-30-86)76(110)49(7)79-74(108)58(80-65(100)20-19-59(77(111)112)90-31-25-88(45-68(104)105)23-21-87(44-67(102)103)22-24-89(26-32-90)46-69(106)107)39-66(101)91-33-27-85(28-34-91)42-51-13-17-53(18-14-51)94-71(82-84-73(94)75(109)78-9-2)57-38-55(48(5)6)62(97)41-64(57)99;/h11-18,37-38,40-41,47-49,58-59,96-99H,8-10,19-36,39,42-46H2,1-7H3,(H,78,109)(H,79,108)(H,80,100)(H,102,103)(H,104,105)(H,106,107)(H,111,112);/t49-,58+,59+;/m0./s1. The van der Waals surface area contributed by atoms with Crippen LogP contribution in [0.2, 0.25) is 0 Å². The summed E-state index contributed by atoms with van der Waals surface area (Å²) in [7, 11) is 0. The molecule has 619 valence electrons. The Morgan fingerprint density at radius 2 is 0.894 bits per heavy atom. The van der Waals surface area contributed by atoms with E-state index in [9.17, 15) is 88.8 Å². The first-order valence-electron chi connectivity index (χ1n) is 37.8. The molecule has 4 aromatic carbocycles. The van der Waals surface area contributed by atoms with Gasteiger partial charge < -0.3 is 66.6 Å². The van der Waals surface area contributed by atoms with Crippen LogP contribution in [0.3, 0.4) is 0 Å². The van der Waals surface area contributed by atoms with Crippen LogP contribution in [0.5, 0.6) is 23.0 Å².